The van der Waals surface area contributed by atoms with E-state index in [4.69, 9.17) is 13.7 Å². The van der Waals surface area contributed by atoms with Gasteiger partial charge in [0.25, 0.3) is 10.1 Å². The minimum atomic E-state index is -3.90. The van der Waals surface area contributed by atoms with Crippen LogP contribution in [0.4, 0.5) is 5.82 Å². The number of aliphatic imine (C=N–C) groups is 1. The zero-order valence-corrected chi connectivity index (χ0v) is 22.3. The molecule has 0 radical (unpaired) electrons. The number of hydrogen-bond donors (Lipinski definition) is 0. The third-order valence-corrected chi connectivity index (χ3v) is 8.93. The molecule has 0 spiro atoms. The van der Waals surface area contributed by atoms with E-state index < -0.39 is 21.4 Å². The van der Waals surface area contributed by atoms with E-state index in [-0.39, 0.29) is 35.5 Å². The molecule has 37 heavy (non-hydrogen) atoms. The van der Waals surface area contributed by atoms with Crippen LogP contribution in [-0.4, -0.2) is 72.9 Å². The Balaban J connectivity index is 1.33. The maximum atomic E-state index is 12.9. The van der Waals surface area contributed by atoms with Gasteiger partial charge in [0.05, 0.1) is 34.9 Å². The van der Waals surface area contributed by atoms with Crippen LogP contribution < -0.4 is 0 Å². The third-order valence-electron chi connectivity index (χ3n) is 7.63. The first-order valence-electron chi connectivity index (χ1n) is 12.4. The van der Waals surface area contributed by atoms with Crippen molar-refractivity contribution < 1.29 is 22.1 Å². The Morgan fingerprint density at radius 3 is 2.68 bits per heavy atom. The lowest BCUT2D eigenvalue weighted by molar-refractivity contribution is -0.162. The smallest absolute Gasteiger partial charge is 0.296 e. The van der Waals surface area contributed by atoms with Crippen LogP contribution in [-0.2, 0) is 29.3 Å². The van der Waals surface area contributed by atoms with Crippen molar-refractivity contribution in [1.29, 1.82) is 0 Å². The quantitative estimate of drug-likeness (QED) is 0.263. The predicted octanol–water partition coefficient (Wildman–Crippen LogP) is 3.23. The molecule has 3 aromatic rings. The average molecular weight is 526 g/mol. The van der Waals surface area contributed by atoms with E-state index in [1.807, 2.05) is 52.0 Å². The fourth-order valence-electron chi connectivity index (χ4n) is 5.97. The third kappa shape index (κ3) is 3.96. The topological polar surface area (TPSA) is 108 Å². The van der Waals surface area contributed by atoms with Gasteiger partial charge in [-0.1, -0.05) is 17.7 Å². The first-order chi connectivity index (χ1) is 17.5. The summed E-state index contributed by atoms with van der Waals surface area (Å²) >= 11 is 0. The second kappa shape index (κ2) is 8.32. The van der Waals surface area contributed by atoms with Crippen LogP contribution in [0.25, 0.3) is 11.0 Å². The van der Waals surface area contributed by atoms with E-state index in [0.29, 0.717) is 5.82 Å². The molecule has 196 valence electrons. The van der Waals surface area contributed by atoms with Crippen LogP contribution in [0.3, 0.4) is 0 Å². The first-order valence-corrected chi connectivity index (χ1v) is 13.8. The van der Waals surface area contributed by atoms with Gasteiger partial charge in [0.15, 0.2) is 11.6 Å². The minimum Gasteiger partial charge on any atom is -0.369 e. The normalized spacial score (nSPS) is 30.1. The molecule has 10 nitrogen and oxygen atoms in total. The van der Waals surface area contributed by atoms with Gasteiger partial charge >= 0.3 is 0 Å². The molecule has 5 atom stereocenters. The van der Waals surface area contributed by atoms with Gasteiger partial charge in [-0.25, -0.2) is 15.0 Å². The maximum Gasteiger partial charge on any atom is 0.296 e. The monoisotopic (exact) mass is 525 g/mol. The Morgan fingerprint density at radius 2 is 1.95 bits per heavy atom. The molecule has 3 fully saturated rings. The Morgan fingerprint density at radius 1 is 1.19 bits per heavy atom. The van der Waals surface area contributed by atoms with Gasteiger partial charge in [0.1, 0.15) is 18.1 Å². The number of benzene rings is 1. The predicted molar refractivity (Wildman–Crippen MR) is 137 cm³/mol. The van der Waals surface area contributed by atoms with Gasteiger partial charge < -0.3 is 18.9 Å². The lowest BCUT2D eigenvalue weighted by Crippen LogP contribution is -2.37. The van der Waals surface area contributed by atoms with Crippen molar-refractivity contribution in [2.75, 3.05) is 20.7 Å². The van der Waals surface area contributed by atoms with Gasteiger partial charge in [-0.2, -0.15) is 8.42 Å². The molecule has 2 aliphatic carbocycles. The number of ether oxygens (including phenoxy) is 2. The second-order valence-corrected chi connectivity index (χ2v) is 12.5. The number of aromatic nitrogens is 3. The molecule has 6 rings (SSSR count). The zero-order chi connectivity index (χ0) is 26.2. The SMILES string of the molecule is Cc1ccc(S(=O)(=O)OC[C@@H]2[C@H]3OC(C)(C)O[C@H]3[C@@]3(n4ccc5c(N=CN(C)C)ncnc54)C[C@@H]23)cc1. The Kier molecular flexibility index (Phi) is 5.50. The highest BCUT2D eigenvalue weighted by molar-refractivity contribution is 7.86. The Labute approximate surface area is 216 Å². The summed E-state index contributed by atoms with van der Waals surface area (Å²) in [4.78, 5) is 15.5. The average Bonchev–Trinajstić information content (AvgIpc) is 3.13. The van der Waals surface area contributed by atoms with E-state index in [1.54, 1.807) is 30.6 Å². The van der Waals surface area contributed by atoms with Gasteiger partial charge in [-0.05, 0) is 51.3 Å². The highest BCUT2D eigenvalue weighted by Gasteiger charge is 2.76. The Bertz CT molecular complexity index is 1480. The van der Waals surface area contributed by atoms with E-state index >= 15 is 0 Å². The van der Waals surface area contributed by atoms with Crippen molar-refractivity contribution in [1.82, 2.24) is 19.4 Å². The summed E-state index contributed by atoms with van der Waals surface area (Å²) in [6.07, 6.45) is 5.49. The molecule has 2 saturated carbocycles. The molecule has 1 aromatic carbocycles. The van der Waals surface area contributed by atoms with Crippen LogP contribution in [0.5, 0.6) is 0 Å². The Hall–Kier alpha value is -2.86. The first kappa shape index (κ1) is 24.5. The van der Waals surface area contributed by atoms with Gasteiger partial charge in [-0.3, -0.25) is 4.18 Å². The van der Waals surface area contributed by atoms with Crippen LogP contribution in [0.15, 0.2) is 52.7 Å². The summed E-state index contributed by atoms with van der Waals surface area (Å²) in [6, 6.07) is 8.65. The van der Waals surface area contributed by atoms with Gasteiger partial charge in [-0.15, -0.1) is 0 Å². The van der Waals surface area contributed by atoms with Gasteiger partial charge in [0.2, 0.25) is 0 Å². The molecule has 0 bridgehead atoms. The summed E-state index contributed by atoms with van der Waals surface area (Å²) in [6.45, 7) is 5.72. The standard InChI is InChI=1S/C26H31N5O5S/c1-16-6-8-17(9-7-16)37(32,33)34-13-19-20-12-26(20,22-21(19)35-25(2,3)36-22)31-11-10-18-23(29-15-30(4)5)27-14-28-24(18)31/h6-11,14-15,19-22H,12-13H2,1-5H3/t19-,20-,21+,22+,26+/m0/s1. The molecule has 3 heterocycles. The van der Waals surface area contributed by atoms with Crippen molar-refractivity contribution >= 4 is 33.3 Å². The number of fused-ring (bicyclic) bond motifs is 4. The number of rotatable bonds is 7. The minimum absolute atomic E-state index is 0.0236. The van der Waals surface area contributed by atoms with E-state index in [1.165, 1.54) is 6.33 Å². The molecule has 3 aliphatic rings. The zero-order valence-electron chi connectivity index (χ0n) is 21.5. The number of hydrogen-bond acceptors (Lipinski definition) is 8. The largest absolute Gasteiger partial charge is 0.369 e. The molecular weight excluding hydrogens is 494 g/mol. The fourth-order valence-corrected chi connectivity index (χ4v) is 6.92. The van der Waals surface area contributed by atoms with E-state index in [9.17, 15) is 8.42 Å². The summed E-state index contributed by atoms with van der Waals surface area (Å²) in [5, 5.41) is 0.844. The van der Waals surface area contributed by atoms with Crippen LogP contribution in [0, 0.1) is 18.8 Å². The molecule has 1 aliphatic heterocycles. The van der Waals surface area contributed by atoms with Crippen molar-refractivity contribution in [3.63, 3.8) is 0 Å². The molecule has 0 N–H and O–H groups in total. The summed E-state index contributed by atoms with van der Waals surface area (Å²) in [5.41, 5.74) is 1.35. The summed E-state index contributed by atoms with van der Waals surface area (Å²) in [5.74, 6) is -0.236. The van der Waals surface area contributed by atoms with E-state index in [2.05, 4.69) is 19.5 Å². The van der Waals surface area contributed by atoms with E-state index in [0.717, 1.165) is 23.0 Å². The molecular formula is C26H31N5O5S. The second-order valence-electron chi connectivity index (χ2n) is 10.9. The van der Waals surface area contributed by atoms with Crippen molar-refractivity contribution in [2.45, 2.75) is 55.6 Å². The molecule has 0 amide bonds. The fraction of sp³-hybridized carbons (Fsp3) is 0.500. The summed E-state index contributed by atoms with van der Waals surface area (Å²) < 4.78 is 46.4. The van der Waals surface area contributed by atoms with Crippen molar-refractivity contribution in [3.05, 3.63) is 48.4 Å². The van der Waals surface area contributed by atoms with Crippen molar-refractivity contribution in [2.24, 2.45) is 16.8 Å². The highest BCUT2D eigenvalue weighted by Crippen LogP contribution is 2.68. The van der Waals surface area contributed by atoms with Crippen LogP contribution >= 0.6 is 0 Å². The molecule has 11 heteroatoms. The molecule has 2 aromatic heterocycles. The molecule has 1 saturated heterocycles. The number of aryl methyl sites for hydroxylation is 1. The maximum absolute atomic E-state index is 12.9. The lowest BCUT2D eigenvalue weighted by atomic mass is 10.0. The number of nitrogens with zero attached hydrogens (tertiary/aromatic N) is 5. The van der Waals surface area contributed by atoms with Crippen LogP contribution in [0.1, 0.15) is 25.8 Å². The van der Waals surface area contributed by atoms with Gasteiger partial charge in [0, 0.05) is 26.2 Å². The molecule has 0 unspecified atom stereocenters. The summed E-state index contributed by atoms with van der Waals surface area (Å²) in [7, 11) is -0.0924. The lowest BCUT2D eigenvalue weighted by Gasteiger charge is -2.25. The highest BCUT2D eigenvalue weighted by atomic mass is 32.2. The van der Waals surface area contributed by atoms with Crippen LogP contribution in [0.2, 0.25) is 0 Å². The van der Waals surface area contributed by atoms with Crippen molar-refractivity contribution in [3.8, 4) is 0 Å².